The van der Waals surface area contributed by atoms with Crippen molar-refractivity contribution < 1.29 is 22.7 Å². The Balaban J connectivity index is 1.60. The van der Waals surface area contributed by atoms with E-state index in [2.05, 4.69) is 0 Å². The van der Waals surface area contributed by atoms with E-state index in [1.54, 1.807) is 4.90 Å². The normalized spacial score (nSPS) is 26.3. The van der Waals surface area contributed by atoms with Gasteiger partial charge >= 0.3 is 6.03 Å². The number of urea groups is 1. The number of carbonyl (C=O) groups is 2. The SMILES string of the molecule is CN1C(=O)CN(C2CCN(S(=O)(=O)N3CCOCC3)CC2)C1=O. The van der Waals surface area contributed by atoms with Gasteiger partial charge in [-0.2, -0.15) is 17.0 Å². The van der Waals surface area contributed by atoms with Crippen LogP contribution in [0.2, 0.25) is 0 Å². The van der Waals surface area contributed by atoms with E-state index in [4.69, 9.17) is 4.74 Å². The number of morpholine rings is 1. The molecule has 0 aromatic rings. The maximum Gasteiger partial charge on any atom is 0.327 e. The molecule has 3 heterocycles. The van der Waals surface area contributed by atoms with E-state index in [0.717, 1.165) is 4.90 Å². The van der Waals surface area contributed by atoms with Crippen LogP contribution in [0.3, 0.4) is 0 Å². The Labute approximate surface area is 135 Å². The fourth-order valence-corrected chi connectivity index (χ4v) is 4.84. The molecule has 0 spiro atoms. The number of carbonyl (C=O) groups excluding carboxylic acids is 2. The first-order valence-electron chi connectivity index (χ1n) is 7.81. The van der Waals surface area contributed by atoms with Crippen LogP contribution >= 0.6 is 0 Å². The van der Waals surface area contributed by atoms with E-state index in [1.807, 2.05) is 0 Å². The Morgan fingerprint density at radius 3 is 2.09 bits per heavy atom. The molecule has 0 unspecified atom stereocenters. The van der Waals surface area contributed by atoms with E-state index >= 15 is 0 Å². The topological polar surface area (TPSA) is 90.5 Å². The minimum atomic E-state index is -3.46. The average Bonchev–Trinajstić information content (AvgIpc) is 2.83. The van der Waals surface area contributed by atoms with Crippen molar-refractivity contribution in [2.45, 2.75) is 18.9 Å². The number of piperidine rings is 1. The summed E-state index contributed by atoms with van der Waals surface area (Å²) >= 11 is 0. The lowest BCUT2D eigenvalue weighted by Gasteiger charge is -2.38. The van der Waals surface area contributed by atoms with Crippen molar-refractivity contribution >= 4 is 22.1 Å². The minimum Gasteiger partial charge on any atom is -0.379 e. The summed E-state index contributed by atoms with van der Waals surface area (Å²) in [5, 5.41) is 0. The van der Waals surface area contributed by atoms with Crippen LogP contribution in [0, 0.1) is 0 Å². The Kier molecular flexibility index (Phi) is 4.59. The summed E-state index contributed by atoms with van der Waals surface area (Å²) in [6.07, 6.45) is 1.10. The van der Waals surface area contributed by atoms with Crippen LogP contribution in [0.5, 0.6) is 0 Å². The van der Waals surface area contributed by atoms with E-state index < -0.39 is 10.2 Å². The molecule has 9 nitrogen and oxygen atoms in total. The number of rotatable bonds is 3. The van der Waals surface area contributed by atoms with Crippen molar-refractivity contribution in [3.63, 3.8) is 0 Å². The molecule has 0 atom stereocenters. The molecule has 3 rings (SSSR count). The Morgan fingerprint density at radius 1 is 1.00 bits per heavy atom. The molecule has 0 N–H and O–H groups in total. The predicted molar refractivity (Wildman–Crippen MR) is 80.8 cm³/mol. The second kappa shape index (κ2) is 6.34. The van der Waals surface area contributed by atoms with Gasteiger partial charge in [-0.1, -0.05) is 0 Å². The fourth-order valence-electron chi connectivity index (χ4n) is 3.23. The molecular weight excluding hydrogens is 324 g/mol. The maximum atomic E-state index is 12.6. The van der Waals surface area contributed by atoms with Gasteiger partial charge in [0.15, 0.2) is 0 Å². The molecule has 0 radical (unpaired) electrons. The third kappa shape index (κ3) is 3.08. The molecule has 0 bridgehead atoms. The third-order valence-electron chi connectivity index (χ3n) is 4.70. The first-order chi connectivity index (χ1) is 10.9. The molecule has 3 amide bonds. The zero-order chi connectivity index (χ0) is 16.6. The Morgan fingerprint density at radius 2 is 1.57 bits per heavy atom. The van der Waals surface area contributed by atoms with Crippen molar-refractivity contribution in [1.29, 1.82) is 0 Å². The zero-order valence-corrected chi connectivity index (χ0v) is 14.0. The first kappa shape index (κ1) is 16.6. The molecular formula is C13H22N4O5S. The van der Waals surface area contributed by atoms with Crippen LogP contribution in [-0.4, -0.2) is 97.8 Å². The zero-order valence-electron chi connectivity index (χ0n) is 13.2. The molecule has 23 heavy (non-hydrogen) atoms. The van der Waals surface area contributed by atoms with Crippen molar-refractivity contribution in [1.82, 2.24) is 18.4 Å². The summed E-state index contributed by atoms with van der Waals surface area (Å²) in [5.74, 6) is -0.210. The highest BCUT2D eigenvalue weighted by atomic mass is 32.2. The Hall–Kier alpha value is -1.23. The number of ether oxygens (including phenoxy) is 1. The molecule has 0 saturated carbocycles. The summed E-state index contributed by atoms with van der Waals surface area (Å²) in [7, 11) is -1.99. The minimum absolute atomic E-state index is 0.0764. The van der Waals surface area contributed by atoms with Crippen LogP contribution in [-0.2, 0) is 19.7 Å². The molecule has 3 aliphatic rings. The third-order valence-corrected chi connectivity index (χ3v) is 6.73. The van der Waals surface area contributed by atoms with Gasteiger partial charge in [0.1, 0.15) is 6.54 Å². The van der Waals surface area contributed by atoms with Crippen LogP contribution in [0.1, 0.15) is 12.8 Å². The first-order valence-corrected chi connectivity index (χ1v) is 9.21. The van der Waals surface area contributed by atoms with Gasteiger partial charge in [0.2, 0.25) is 5.91 Å². The highest BCUT2D eigenvalue weighted by Gasteiger charge is 2.41. The van der Waals surface area contributed by atoms with E-state index in [9.17, 15) is 18.0 Å². The second-order valence-electron chi connectivity index (χ2n) is 6.01. The molecule has 3 saturated heterocycles. The number of hydrogen-bond donors (Lipinski definition) is 0. The lowest BCUT2D eigenvalue weighted by Crippen LogP contribution is -2.53. The van der Waals surface area contributed by atoms with Gasteiger partial charge in [0.05, 0.1) is 13.2 Å². The quantitative estimate of drug-likeness (QED) is 0.607. The van der Waals surface area contributed by atoms with Crippen molar-refractivity contribution in [3.8, 4) is 0 Å². The van der Waals surface area contributed by atoms with Crippen LogP contribution < -0.4 is 0 Å². The molecule has 10 heteroatoms. The van der Waals surface area contributed by atoms with Gasteiger partial charge in [-0.25, -0.2) is 4.79 Å². The van der Waals surface area contributed by atoms with Gasteiger partial charge < -0.3 is 9.64 Å². The number of nitrogens with zero attached hydrogens (tertiary/aromatic N) is 4. The van der Waals surface area contributed by atoms with Gasteiger partial charge in [-0.3, -0.25) is 9.69 Å². The average molecular weight is 346 g/mol. The van der Waals surface area contributed by atoms with Crippen LogP contribution in [0.25, 0.3) is 0 Å². The van der Waals surface area contributed by atoms with Crippen molar-refractivity contribution in [2.24, 2.45) is 0 Å². The largest absolute Gasteiger partial charge is 0.379 e. The summed E-state index contributed by atoms with van der Waals surface area (Å²) in [6, 6.07) is -0.364. The molecule has 0 aromatic heterocycles. The smallest absolute Gasteiger partial charge is 0.327 e. The summed E-state index contributed by atoms with van der Waals surface area (Å²) in [5.41, 5.74) is 0. The predicted octanol–water partition coefficient (Wildman–Crippen LogP) is -1.08. The molecule has 0 aromatic carbocycles. The van der Waals surface area contributed by atoms with E-state index in [-0.39, 0.29) is 24.5 Å². The number of amides is 3. The number of hydrogen-bond acceptors (Lipinski definition) is 5. The van der Waals surface area contributed by atoms with Crippen LogP contribution in [0.4, 0.5) is 4.79 Å². The monoisotopic (exact) mass is 346 g/mol. The van der Waals surface area contributed by atoms with Crippen molar-refractivity contribution in [2.75, 3.05) is 53.0 Å². The van der Waals surface area contributed by atoms with Gasteiger partial charge in [0.25, 0.3) is 10.2 Å². The number of imide groups is 1. The lowest BCUT2D eigenvalue weighted by molar-refractivity contribution is -0.124. The summed E-state index contributed by atoms with van der Waals surface area (Å²) in [4.78, 5) is 26.3. The fraction of sp³-hybridized carbons (Fsp3) is 0.846. The van der Waals surface area contributed by atoms with Crippen LogP contribution in [0.15, 0.2) is 0 Å². The van der Waals surface area contributed by atoms with E-state index in [0.29, 0.717) is 52.2 Å². The van der Waals surface area contributed by atoms with Crippen molar-refractivity contribution in [3.05, 3.63) is 0 Å². The summed E-state index contributed by atoms with van der Waals surface area (Å²) in [6.45, 7) is 2.44. The second-order valence-corrected chi connectivity index (χ2v) is 7.94. The van der Waals surface area contributed by atoms with Gasteiger partial charge in [-0.05, 0) is 12.8 Å². The lowest BCUT2D eigenvalue weighted by atomic mass is 10.1. The standard InChI is InChI=1S/C13H22N4O5S/c1-14-12(18)10-17(13(14)19)11-2-4-15(5-3-11)23(20,21)16-6-8-22-9-7-16/h11H,2-10H2,1H3. The highest BCUT2D eigenvalue weighted by Crippen LogP contribution is 2.24. The molecule has 0 aliphatic carbocycles. The highest BCUT2D eigenvalue weighted by molar-refractivity contribution is 7.86. The Bertz CT molecular complexity index is 581. The molecule has 3 aliphatic heterocycles. The van der Waals surface area contributed by atoms with Gasteiger partial charge in [-0.15, -0.1) is 0 Å². The maximum absolute atomic E-state index is 12.6. The summed E-state index contributed by atoms with van der Waals surface area (Å²) < 4.78 is 33.3. The molecule has 3 fully saturated rings. The van der Waals surface area contributed by atoms with Gasteiger partial charge in [0, 0.05) is 39.3 Å². The number of likely N-dealkylation sites (N-methyl/N-ethyl adjacent to an activating group) is 1. The van der Waals surface area contributed by atoms with E-state index in [1.165, 1.54) is 15.7 Å². The molecule has 130 valence electrons.